The molecule has 1 aliphatic heterocycles. The van der Waals surface area contributed by atoms with Crippen LogP contribution in [0.25, 0.3) is 10.4 Å². The molecule has 2 N–H and O–H groups in total. The maximum absolute atomic E-state index is 11.8. The minimum absolute atomic E-state index is 0.195. The maximum atomic E-state index is 11.8. The van der Waals surface area contributed by atoms with Crippen molar-refractivity contribution in [2.24, 2.45) is 11.0 Å². The van der Waals surface area contributed by atoms with Crippen LogP contribution in [-0.2, 0) is 4.74 Å². The standard InChI is InChI=1S/C11H15N5O4/c1-2-6-7(5-17)20-10(9(6)14-15-12)16-4-3-8(18)13-11(16)19/h3-4,6-7,9-10,17H,2,5H2,1H3,(H,13,18,19)/t6-,7-,9-,10-/m1/s1. The van der Waals surface area contributed by atoms with Gasteiger partial charge in [-0.2, -0.15) is 0 Å². The lowest BCUT2D eigenvalue weighted by molar-refractivity contribution is -0.0348. The molecule has 1 aromatic rings. The first-order valence-electron chi connectivity index (χ1n) is 6.24. The van der Waals surface area contributed by atoms with Gasteiger partial charge >= 0.3 is 5.69 Å². The number of aliphatic hydroxyl groups is 1. The van der Waals surface area contributed by atoms with Crippen LogP contribution in [-0.4, -0.2) is 33.4 Å². The summed E-state index contributed by atoms with van der Waals surface area (Å²) >= 11 is 0. The zero-order valence-electron chi connectivity index (χ0n) is 10.8. The van der Waals surface area contributed by atoms with E-state index in [1.165, 1.54) is 16.8 Å². The van der Waals surface area contributed by atoms with Crippen LogP contribution in [0.15, 0.2) is 27.0 Å². The average molecular weight is 281 g/mol. The first-order valence-corrected chi connectivity index (χ1v) is 6.24. The summed E-state index contributed by atoms with van der Waals surface area (Å²) in [5.41, 5.74) is 7.51. The van der Waals surface area contributed by atoms with Crippen LogP contribution in [0.4, 0.5) is 0 Å². The SMILES string of the molecule is CC[C@H]1[C@@H](N=[N+]=[N-])[C@H](n2ccc(=O)[nH]c2=O)O[C@@H]1CO. The van der Waals surface area contributed by atoms with E-state index < -0.39 is 29.6 Å². The molecule has 0 amide bonds. The van der Waals surface area contributed by atoms with E-state index in [0.717, 1.165) is 0 Å². The largest absolute Gasteiger partial charge is 0.394 e. The van der Waals surface area contributed by atoms with Gasteiger partial charge in [0.2, 0.25) is 0 Å². The van der Waals surface area contributed by atoms with Crippen LogP contribution >= 0.6 is 0 Å². The molecule has 2 rings (SSSR count). The molecule has 1 saturated heterocycles. The molecular formula is C11H15N5O4. The second-order valence-corrected chi connectivity index (χ2v) is 4.53. The number of hydrogen-bond acceptors (Lipinski definition) is 5. The summed E-state index contributed by atoms with van der Waals surface area (Å²) in [6, 6.07) is 0.566. The quantitative estimate of drug-likeness (QED) is 0.461. The lowest BCUT2D eigenvalue weighted by Gasteiger charge is -2.18. The van der Waals surface area contributed by atoms with E-state index in [-0.39, 0.29) is 12.5 Å². The van der Waals surface area contributed by atoms with Gasteiger partial charge in [-0.05, 0) is 11.4 Å². The van der Waals surface area contributed by atoms with Crippen molar-refractivity contribution in [3.8, 4) is 0 Å². The van der Waals surface area contributed by atoms with Gasteiger partial charge in [-0.25, -0.2) is 4.79 Å². The van der Waals surface area contributed by atoms with Gasteiger partial charge in [-0.3, -0.25) is 14.3 Å². The average Bonchev–Trinajstić information content (AvgIpc) is 2.77. The van der Waals surface area contributed by atoms with Gasteiger partial charge in [0.1, 0.15) is 6.23 Å². The summed E-state index contributed by atoms with van der Waals surface area (Å²) in [4.78, 5) is 27.8. The summed E-state index contributed by atoms with van der Waals surface area (Å²) in [6.45, 7) is 1.65. The number of hydrogen-bond donors (Lipinski definition) is 2. The van der Waals surface area contributed by atoms with Gasteiger partial charge < -0.3 is 9.84 Å². The summed E-state index contributed by atoms with van der Waals surface area (Å²) in [6.07, 6.45) is 0.568. The fourth-order valence-electron chi connectivity index (χ4n) is 2.53. The van der Waals surface area contributed by atoms with Crippen molar-refractivity contribution in [1.29, 1.82) is 0 Å². The monoisotopic (exact) mass is 281 g/mol. The van der Waals surface area contributed by atoms with E-state index in [1.807, 2.05) is 6.92 Å². The third kappa shape index (κ3) is 2.46. The summed E-state index contributed by atoms with van der Waals surface area (Å²) in [7, 11) is 0. The molecule has 2 heterocycles. The smallest absolute Gasteiger partial charge is 0.330 e. The Morgan fingerprint density at radius 1 is 1.60 bits per heavy atom. The third-order valence-corrected chi connectivity index (χ3v) is 3.48. The number of rotatable bonds is 4. The molecule has 0 saturated carbocycles. The normalized spacial score (nSPS) is 29.1. The Labute approximate surface area is 113 Å². The number of nitrogens with zero attached hydrogens (tertiary/aromatic N) is 4. The molecule has 0 unspecified atom stereocenters. The van der Waals surface area contributed by atoms with E-state index >= 15 is 0 Å². The highest BCUT2D eigenvalue weighted by Gasteiger charge is 2.44. The van der Waals surface area contributed by atoms with Gasteiger partial charge in [-0.1, -0.05) is 18.5 Å². The summed E-state index contributed by atoms with van der Waals surface area (Å²) < 4.78 is 6.78. The zero-order chi connectivity index (χ0) is 14.7. The first kappa shape index (κ1) is 14.3. The molecule has 9 nitrogen and oxygen atoms in total. The van der Waals surface area contributed by atoms with Gasteiger partial charge in [0, 0.05) is 17.2 Å². The van der Waals surface area contributed by atoms with Crippen molar-refractivity contribution in [1.82, 2.24) is 9.55 Å². The highest BCUT2D eigenvalue weighted by Crippen LogP contribution is 2.37. The Morgan fingerprint density at radius 2 is 2.35 bits per heavy atom. The van der Waals surface area contributed by atoms with Gasteiger partial charge in [0.05, 0.1) is 18.8 Å². The number of aromatic nitrogens is 2. The minimum Gasteiger partial charge on any atom is -0.394 e. The van der Waals surface area contributed by atoms with E-state index in [2.05, 4.69) is 15.0 Å². The molecule has 1 aliphatic rings. The number of aliphatic hydroxyl groups excluding tert-OH is 1. The van der Waals surface area contributed by atoms with Crippen LogP contribution in [0.2, 0.25) is 0 Å². The summed E-state index contributed by atoms with van der Waals surface area (Å²) in [5.74, 6) is -0.195. The molecular weight excluding hydrogens is 266 g/mol. The Kier molecular flexibility index (Phi) is 4.23. The number of azide groups is 1. The van der Waals surface area contributed by atoms with Crippen LogP contribution in [0.5, 0.6) is 0 Å². The van der Waals surface area contributed by atoms with Crippen molar-refractivity contribution in [3.05, 3.63) is 43.5 Å². The highest BCUT2D eigenvalue weighted by atomic mass is 16.5. The van der Waals surface area contributed by atoms with Crippen LogP contribution in [0, 0.1) is 5.92 Å². The van der Waals surface area contributed by atoms with Crippen molar-refractivity contribution < 1.29 is 9.84 Å². The molecule has 1 aromatic heterocycles. The third-order valence-electron chi connectivity index (χ3n) is 3.48. The predicted octanol–water partition coefficient (Wildman–Crippen LogP) is 0.131. The van der Waals surface area contributed by atoms with E-state index in [0.29, 0.717) is 6.42 Å². The van der Waals surface area contributed by atoms with Gasteiger partial charge in [0.15, 0.2) is 0 Å². The fourth-order valence-corrected chi connectivity index (χ4v) is 2.53. The first-order chi connectivity index (χ1) is 9.62. The molecule has 0 spiro atoms. The molecule has 0 aromatic carbocycles. The second kappa shape index (κ2) is 5.91. The molecule has 9 heteroatoms. The molecule has 0 bridgehead atoms. The molecule has 1 fully saturated rings. The van der Waals surface area contributed by atoms with Gasteiger partial charge in [-0.15, -0.1) is 0 Å². The molecule has 0 aliphatic carbocycles. The Balaban J connectivity index is 2.45. The Hall–Kier alpha value is -2.09. The maximum Gasteiger partial charge on any atom is 0.330 e. The van der Waals surface area contributed by atoms with E-state index in [9.17, 15) is 14.7 Å². The van der Waals surface area contributed by atoms with Crippen molar-refractivity contribution in [2.45, 2.75) is 31.7 Å². The van der Waals surface area contributed by atoms with Crippen molar-refractivity contribution >= 4 is 0 Å². The summed E-state index contributed by atoms with van der Waals surface area (Å²) in [5, 5.41) is 13.0. The number of ether oxygens (including phenoxy) is 1. The highest BCUT2D eigenvalue weighted by molar-refractivity contribution is 4.96. The minimum atomic E-state index is -0.836. The Bertz CT molecular complexity index is 632. The molecule has 4 atom stereocenters. The van der Waals surface area contributed by atoms with Crippen LogP contribution in [0.1, 0.15) is 19.6 Å². The van der Waals surface area contributed by atoms with E-state index in [1.54, 1.807) is 0 Å². The lowest BCUT2D eigenvalue weighted by atomic mass is 9.94. The molecule has 20 heavy (non-hydrogen) atoms. The van der Waals surface area contributed by atoms with Crippen LogP contribution < -0.4 is 11.2 Å². The second-order valence-electron chi connectivity index (χ2n) is 4.53. The Morgan fingerprint density at radius 3 is 2.90 bits per heavy atom. The predicted molar refractivity (Wildman–Crippen MR) is 69.0 cm³/mol. The number of nitrogens with one attached hydrogen (secondary N) is 1. The molecule has 0 radical (unpaired) electrons. The molecule has 108 valence electrons. The number of H-pyrrole nitrogens is 1. The number of aromatic amines is 1. The van der Waals surface area contributed by atoms with E-state index in [4.69, 9.17) is 10.3 Å². The fraction of sp³-hybridized carbons (Fsp3) is 0.636. The van der Waals surface area contributed by atoms with Crippen LogP contribution in [0.3, 0.4) is 0 Å². The topological polar surface area (TPSA) is 133 Å². The zero-order valence-corrected chi connectivity index (χ0v) is 10.8. The van der Waals surface area contributed by atoms with Crippen molar-refractivity contribution in [2.75, 3.05) is 6.61 Å². The van der Waals surface area contributed by atoms with Gasteiger partial charge in [0.25, 0.3) is 5.56 Å². The van der Waals surface area contributed by atoms with Crippen molar-refractivity contribution in [3.63, 3.8) is 0 Å². The lowest BCUT2D eigenvalue weighted by Crippen LogP contribution is -2.35.